The highest BCUT2D eigenvalue weighted by molar-refractivity contribution is 7.46. The number of aromatic nitrogens is 2. The summed E-state index contributed by atoms with van der Waals surface area (Å²) < 4.78 is 41.1. The Hall–Kier alpha value is -1.53. The quantitative estimate of drug-likeness (QED) is 0.248. The molecule has 0 fully saturated rings. The predicted octanol–water partition coefficient (Wildman–Crippen LogP) is 5.73. The maximum Gasteiger partial charge on any atom is 0.469 e. The Morgan fingerprint density at radius 2 is 1.75 bits per heavy atom. The molecular formula is C21H24Cl3FN3O6PS. The highest BCUT2D eigenvalue weighted by Gasteiger charge is 2.25. The van der Waals surface area contributed by atoms with Crippen LogP contribution in [0.3, 0.4) is 0 Å². The monoisotopic (exact) mass is 601 g/mol. The van der Waals surface area contributed by atoms with Gasteiger partial charge in [0.25, 0.3) is 0 Å². The van der Waals surface area contributed by atoms with E-state index in [-0.39, 0.29) is 35.9 Å². The van der Waals surface area contributed by atoms with Crippen LogP contribution in [0.1, 0.15) is 20.8 Å². The summed E-state index contributed by atoms with van der Waals surface area (Å²) in [5.74, 6) is -0.358. The zero-order valence-electron chi connectivity index (χ0n) is 19.2. The summed E-state index contributed by atoms with van der Waals surface area (Å²) in [4.78, 5) is 17.7. The average molecular weight is 603 g/mol. The van der Waals surface area contributed by atoms with Crippen LogP contribution in [-0.2, 0) is 9.09 Å². The number of benzene rings is 2. The van der Waals surface area contributed by atoms with E-state index in [1.165, 1.54) is 24.3 Å². The Bertz CT molecular complexity index is 1250. The lowest BCUT2D eigenvalue weighted by Crippen LogP contribution is -2.39. The lowest BCUT2D eigenvalue weighted by atomic mass is 10.2. The minimum atomic E-state index is -4.72. The molecule has 0 radical (unpaired) electrons. The van der Waals surface area contributed by atoms with Crippen molar-refractivity contribution in [3.05, 3.63) is 46.2 Å². The molecule has 0 aliphatic heterocycles. The number of hydrogen-bond acceptors (Lipinski definition) is 8. The van der Waals surface area contributed by atoms with E-state index in [1.54, 1.807) is 18.2 Å². The predicted molar refractivity (Wildman–Crippen MR) is 140 cm³/mol. The number of phosphoric ester groups is 1. The van der Waals surface area contributed by atoms with E-state index in [1.807, 2.05) is 13.8 Å². The van der Waals surface area contributed by atoms with Gasteiger partial charge in [0.1, 0.15) is 22.4 Å². The van der Waals surface area contributed by atoms with Gasteiger partial charge in [-0.25, -0.2) is 8.96 Å². The fourth-order valence-corrected chi connectivity index (χ4v) is 4.84. The number of halogens is 4. The second kappa shape index (κ2) is 12.8. The molecule has 0 spiro atoms. The largest absolute Gasteiger partial charge is 0.489 e. The summed E-state index contributed by atoms with van der Waals surface area (Å²) in [6.45, 7) is 4.89. The van der Waals surface area contributed by atoms with Gasteiger partial charge in [-0.1, -0.05) is 34.5 Å². The van der Waals surface area contributed by atoms with E-state index in [0.29, 0.717) is 31.9 Å². The molecule has 4 N–H and O–H groups in total. The highest BCUT2D eigenvalue weighted by Crippen LogP contribution is 2.39. The van der Waals surface area contributed by atoms with Crippen LogP contribution in [0.4, 0.5) is 4.39 Å². The Labute approximate surface area is 227 Å². The Morgan fingerprint density at radius 1 is 1.08 bits per heavy atom. The second-order valence-electron chi connectivity index (χ2n) is 7.76. The molecule has 0 amide bonds. The van der Waals surface area contributed by atoms with E-state index < -0.39 is 25.8 Å². The third kappa shape index (κ3) is 8.24. The molecule has 2 aromatic carbocycles. The van der Waals surface area contributed by atoms with Crippen LogP contribution >= 0.6 is 54.8 Å². The van der Waals surface area contributed by atoms with Gasteiger partial charge in [0, 0.05) is 17.2 Å². The summed E-state index contributed by atoms with van der Waals surface area (Å²) in [7, 11) is -4.72. The van der Waals surface area contributed by atoms with Gasteiger partial charge in [-0.05, 0) is 45.0 Å². The average Bonchev–Trinajstić information content (AvgIpc) is 3.23. The van der Waals surface area contributed by atoms with Crippen LogP contribution in [0.2, 0.25) is 10.0 Å². The fourth-order valence-electron chi connectivity index (χ4n) is 2.85. The number of phosphoric acid groups is 1. The summed E-state index contributed by atoms with van der Waals surface area (Å²) >= 11 is 13.9. The van der Waals surface area contributed by atoms with Crippen molar-refractivity contribution in [2.75, 3.05) is 6.61 Å². The standard InChI is InChI=1S/C21H23Cl2FN3O6PS.ClH/c1-10(2)32-18-5-4-12(6-15(18)23)20-26-27-21(35-20)13-7-16(24)19(8-14(13)22)31-9-17(25)11(3)33-34(28,29)30;/h4-8,10-11,17H,9,25H2,1-3H3,(H2,28,29,30);1H. The molecule has 2 atom stereocenters. The zero-order valence-corrected chi connectivity index (χ0v) is 23.3. The molecule has 9 nitrogen and oxygen atoms in total. The normalized spacial score (nSPS) is 13.3. The first kappa shape index (κ1) is 30.7. The minimum absolute atomic E-state index is 0. The topological polar surface area (TPSA) is 137 Å². The lowest BCUT2D eigenvalue weighted by Gasteiger charge is -2.21. The summed E-state index contributed by atoms with van der Waals surface area (Å²) in [5.41, 5.74) is 6.83. The van der Waals surface area contributed by atoms with Crippen molar-refractivity contribution in [1.29, 1.82) is 0 Å². The van der Waals surface area contributed by atoms with Gasteiger partial charge in [-0.2, -0.15) is 0 Å². The highest BCUT2D eigenvalue weighted by atomic mass is 35.5. The van der Waals surface area contributed by atoms with Crippen LogP contribution in [0, 0.1) is 5.82 Å². The molecule has 3 aromatic rings. The number of nitrogens with zero attached hydrogens (tertiary/aromatic N) is 2. The van der Waals surface area contributed by atoms with Gasteiger partial charge in [0.05, 0.1) is 28.3 Å². The Balaban J connectivity index is 0.00000456. The van der Waals surface area contributed by atoms with E-state index >= 15 is 0 Å². The summed E-state index contributed by atoms with van der Waals surface area (Å²) in [6, 6.07) is 6.75. The molecule has 1 heterocycles. The molecule has 0 aliphatic rings. The Kier molecular flexibility index (Phi) is 10.9. The van der Waals surface area contributed by atoms with Crippen molar-refractivity contribution >= 4 is 54.8 Å². The van der Waals surface area contributed by atoms with Crippen molar-refractivity contribution in [3.63, 3.8) is 0 Å². The molecule has 0 saturated heterocycles. The molecule has 0 saturated carbocycles. The second-order valence-corrected chi connectivity index (χ2v) is 10.7. The molecule has 198 valence electrons. The van der Waals surface area contributed by atoms with Crippen molar-refractivity contribution in [3.8, 4) is 32.6 Å². The number of hydrogen-bond donors (Lipinski definition) is 3. The van der Waals surface area contributed by atoms with Crippen LogP contribution in [0.25, 0.3) is 21.1 Å². The molecule has 3 rings (SSSR count). The molecule has 2 unspecified atom stereocenters. The van der Waals surface area contributed by atoms with Crippen LogP contribution < -0.4 is 15.2 Å². The molecular weight excluding hydrogens is 579 g/mol. The maximum atomic E-state index is 14.7. The van der Waals surface area contributed by atoms with Crippen LogP contribution in [0.5, 0.6) is 11.5 Å². The van der Waals surface area contributed by atoms with Crippen molar-refractivity contribution in [2.24, 2.45) is 5.73 Å². The van der Waals surface area contributed by atoms with Gasteiger partial charge in [0.15, 0.2) is 11.6 Å². The van der Waals surface area contributed by atoms with Gasteiger partial charge in [-0.15, -0.1) is 22.6 Å². The molecule has 0 bridgehead atoms. The van der Waals surface area contributed by atoms with E-state index in [0.717, 1.165) is 6.07 Å². The van der Waals surface area contributed by atoms with Crippen molar-refractivity contribution in [2.45, 2.75) is 39.0 Å². The van der Waals surface area contributed by atoms with E-state index in [2.05, 4.69) is 14.7 Å². The smallest absolute Gasteiger partial charge is 0.469 e. The first-order valence-electron chi connectivity index (χ1n) is 10.3. The molecule has 36 heavy (non-hydrogen) atoms. The minimum Gasteiger partial charge on any atom is -0.489 e. The molecule has 0 aliphatic carbocycles. The molecule has 15 heteroatoms. The van der Waals surface area contributed by atoms with Crippen LogP contribution in [-0.4, -0.2) is 44.8 Å². The SMILES string of the molecule is CC(C)Oc1ccc(-c2nnc(-c3cc(F)c(OCC(N)C(C)OP(=O)(O)O)cc3Cl)s2)cc1Cl.Cl. The third-order valence-corrected chi connectivity index (χ3v) is 6.78. The van der Waals surface area contributed by atoms with Gasteiger partial charge >= 0.3 is 7.82 Å². The van der Waals surface area contributed by atoms with Gasteiger partial charge < -0.3 is 25.0 Å². The van der Waals surface area contributed by atoms with Gasteiger partial charge in [-0.3, -0.25) is 4.52 Å². The van der Waals surface area contributed by atoms with E-state index in [9.17, 15) is 8.96 Å². The zero-order chi connectivity index (χ0) is 25.9. The fraction of sp³-hybridized carbons (Fsp3) is 0.333. The van der Waals surface area contributed by atoms with Gasteiger partial charge in [0.2, 0.25) is 0 Å². The lowest BCUT2D eigenvalue weighted by molar-refractivity contribution is 0.106. The van der Waals surface area contributed by atoms with Crippen molar-refractivity contribution in [1.82, 2.24) is 10.2 Å². The van der Waals surface area contributed by atoms with Crippen molar-refractivity contribution < 1.29 is 32.7 Å². The summed E-state index contributed by atoms with van der Waals surface area (Å²) in [6.07, 6.45) is -1.06. The first-order chi connectivity index (χ1) is 16.3. The third-order valence-electron chi connectivity index (χ3n) is 4.56. The number of nitrogens with two attached hydrogens (primary N) is 1. The Morgan fingerprint density at radius 3 is 2.36 bits per heavy atom. The number of ether oxygens (including phenoxy) is 2. The number of rotatable bonds is 10. The molecule has 1 aromatic heterocycles. The van der Waals surface area contributed by atoms with E-state index in [4.69, 9.17) is 48.2 Å². The van der Waals surface area contributed by atoms with Crippen LogP contribution in [0.15, 0.2) is 30.3 Å². The first-order valence-corrected chi connectivity index (χ1v) is 13.4. The summed E-state index contributed by atoms with van der Waals surface area (Å²) in [5, 5.41) is 9.81. The maximum absolute atomic E-state index is 14.7.